The fourth-order valence-corrected chi connectivity index (χ4v) is 1.93. The van der Waals surface area contributed by atoms with Crippen molar-refractivity contribution in [3.8, 4) is 0 Å². The van der Waals surface area contributed by atoms with E-state index >= 15 is 0 Å². The van der Waals surface area contributed by atoms with Crippen molar-refractivity contribution >= 4 is 12.1 Å². The van der Waals surface area contributed by atoms with Gasteiger partial charge in [-0.2, -0.15) is 0 Å². The zero-order valence-electron chi connectivity index (χ0n) is 10.2. The molecule has 1 N–H and O–H groups in total. The smallest absolute Gasteiger partial charge is 0.179 e. The molecule has 0 radical (unpaired) electrons. The van der Waals surface area contributed by atoms with E-state index in [0.717, 1.165) is 5.56 Å². The molecule has 0 spiro atoms. The van der Waals surface area contributed by atoms with Gasteiger partial charge in [0.1, 0.15) is 0 Å². The summed E-state index contributed by atoms with van der Waals surface area (Å²) in [6.07, 6.45) is 1.14. The van der Waals surface area contributed by atoms with Gasteiger partial charge in [-0.1, -0.05) is 37.3 Å². The van der Waals surface area contributed by atoms with Crippen LogP contribution in [0.1, 0.15) is 45.8 Å². The average Bonchev–Trinajstić information content (AvgIpc) is 2.88. The average molecular weight is 241 g/mol. The molecular weight excluding hydrogens is 226 g/mol. The second-order valence-corrected chi connectivity index (χ2v) is 4.38. The maximum Gasteiger partial charge on any atom is 0.179 e. The van der Waals surface area contributed by atoms with E-state index in [1.54, 1.807) is 12.1 Å². The Hall–Kier alpha value is -2.16. The first kappa shape index (κ1) is 12.3. The lowest BCUT2D eigenvalue weighted by Gasteiger charge is -2.10. The largest absolute Gasteiger partial charge is 0.350 e. The fourth-order valence-electron chi connectivity index (χ4n) is 1.93. The van der Waals surface area contributed by atoms with E-state index in [9.17, 15) is 9.59 Å². The summed E-state index contributed by atoms with van der Waals surface area (Å²) >= 11 is 0. The molecule has 0 amide bonds. The Morgan fingerprint density at radius 1 is 1.22 bits per heavy atom. The Bertz CT molecular complexity index is 543. The van der Waals surface area contributed by atoms with Gasteiger partial charge in [-0.15, -0.1) is 0 Å². The van der Waals surface area contributed by atoms with Crippen molar-refractivity contribution in [2.75, 3.05) is 0 Å². The van der Waals surface area contributed by atoms with Gasteiger partial charge < -0.3 is 4.98 Å². The molecule has 0 fully saturated rings. The molecule has 18 heavy (non-hydrogen) atoms. The third-order valence-electron chi connectivity index (χ3n) is 3.00. The molecule has 1 unspecified atom stereocenters. The Labute approximate surface area is 106 Å². The number of Topliss-reactive ketones (excluding diaryl/α,β-unsaturated/α-hetero) is 1. The van der Waals surface area contributed by atoms with Crippen molar-refractivity contribution in [3.63, 3.8) is 0 Å². The van der Waals surface area contributed by atoms with Crippen LogP contribution in [-0.2, 0) is 0 Å². The van der Waals surface area contributed by atoms with Crippen LogP contribution < -0.4 is 0 Å². The maximum atomic E-state index is 12.0. The number of H-pyrrole nitrogens is 1. The van der Waals surface area contributed by atoms with Gasteiger partial charge in [0, 0.05) is 6.42 Å². The van der Waals surface area contributed by atoms with Crippen molar-refractivity contribution in [2.45, 2.75) is 19.3 Å². The van der Waals surface area contributed by atoms with E-state index in [-0.39, 0.29) is 11.7 Å². The van der Waals surface area contributed by atoms with Crippen molar-refractivity contribution in [1.82, 2.24) is 4.98 Å². The highest BCUT2D eigenvalue weighted by molar-refractivity contribution is 5.95. The number of hydrogen-bond donors (Lipinski definition) is 1. The standard InChI is InChI=1S/C15H15NO2/c1-11(12-5-3-2-4-6-12)9-15(18)14-8-7-13(10-17)16-14/h2-8,10-11,16H,9H2,1H3. The molecule has 0 aliphatic heterocycles. The SMILES string of the molecule is CC(CC(=O)c1ccc(C=O)[nH]1)c1ccccc1. The lowest BCUT2D eigenvalue weighted by Crippen LogP contribution is -2.05. The molecule has 0 saturated heterocycles. The van der Waals surface area contributed by atoms with Gasteiger partial charge in [0.05, 0.1) is 11.4 Å². The minimum Gasteiger partial charge on any atom is -0.350 e. The number of carbonyl (C=O) groups is 2. The number of benzene rings is 1. The van der Waals surface area contributed by atoms with E-state index in [4.69, 9.17) is 0 Å². The van der Waals surface area contributed by atoms with Crippen LogP contribution in [0.15, 0.2) is 42.5 Å². The normalized spacial score (nSPS) is 12.1. The molecule has 3 heteroatoms. The zero-order valence-corrected chi connectivity index (χ0v) is 10.2. The fraction of sp³-hybridized carbons (Fsp3) is 0.200. The quantitative estimate of drug-likeness (QED) is 0.645. The summed E-state index contributed by atoms with van der Waals surface area (Å²) in [5.74, 6) is 0.195. The minimum atomic E-state index is 0.0273. The van der Waals surface area contributed by atoms with Crippen molar-refractivity contribution < 1.29 is 9.59 Å². The maximum absolute atomic E-state index is 12.0. The van der Waals surface area contributed by atoms with Crippen LogP contribution in [0.2, 0.25) is 0 Å². The van der Waals surface area contributed by atoms with Crippen LogP contribution >= 0.6 is 0 Å². The molecule has 0 saturated carbocycles. The first-order valence-corrected chi connectivity index (χ1v) is 5.93. The molecule has 0 bridgehead atoms. The van der Waals surface area contributed by atoms with Crippen LogP contribution in [0.25, 0.3) is 0 Å². The molecule has 1 aromatic carbocycles. The van der Waals surface area contributed by atoms with E-state index in [0.29, 0.717) is 24.1 Å². The molecule has 1 aromatic heterocycles. The highest BCUT2D eigenvalue weighted by Crippen LogP contribution is 2.20. The van der Waals surface area contributed by atoms with Gasteiger partial charge in [-0.25, -0.2) is 0 Å². The molecule has 1 heterocycles. The van der Waals surface area contributed by atoms with Gasteiger partial charge in [-0.05, 0) is 23.6 Å². The Balaban J connectivity index is 2.05. The summed E-state index contributed by atoms with van der Waals surface area (Å²) in [5.41, 5.74) is 2.08. The first-order valence-electron chi connectivity index (χ1n) is 5.93. The summed E-state index contributed by atoms with van der Waals surface area (Å²) in [4.78, 5) is 25.4. The summed E-state index contributed by atoms with van der Waals surface area (Å²) in [6, 6.07) is 13.2. The number of aldehydes is 1. The molecule has 1 atom stereocenters. The van der Waals surface area contributed by atoms with Crippen LogP contribution in [0.4, 0.5) is 0 Å². The third-order valence-corrected chi connectivity index (χ3v) is 3.00. The minimum absolute atomic E-state index is 0.0273. The number of ketones is 1. The van der Waals surface area contributed by atoms with Crippen LogP contribution in [0.3, 0.4) is 0 Å². The molecule has 0 aliphatic carbocycles. The number of hydrogen-bond acceptors (Lipinski definition) is 2. The predicted octanol–water partition coefficient (Wildman–Crippen LogP) is 3.20. The van der Waals surface area contributed by atoms with E-state index < -0.39 is 0 Å². The van der Waals surface area contributed by atoms with E-state index in [2.05, 4.69) is 4.98 Å². The lowest BCUT2D eigenvalue weighted by atomic mass is 9.95. The Kier molecular flexibility index (Phi) is 3.72. The highest BCUT2D eigenvalue weighted by Gasteiger charge is 2.14. The Morgan fingerprint density at radius 2 is 1.94 bits per heavy atom. The van der Waals surface area contributed by atoms with E-state index in [1.807, 2.05) is 37.3 Å². The van der Waals surface area contributed by atoms with Crippen LogP contribution in [0.5, 0.6) is 0 Å². The molecule has 3 nitrogen and oxygen atoms in total. The van der Waals surface area contributed by atoms with Crippen LogP contribution in [0, 0.1) is 0 Å². The van der Waals surface area contributed by atoms with E-state index in [1.165, 1.54) is 0 Å². The highest BCUT2D eigenvalue weighted by atomic mass is 16.1. The first-order chi connectivity index (χ1) is 8.70. The van der Waals surface area contributed by atoms with Gasteiger partial charge >= 0.3 is 0 Å². The van der Waals surface area contributed by atoms with Gasteiger partial charge in [0.25, 0.3) is 0 Å². The molecule has 0 aliphatic rings. The number of nitrogens with one attached hydrogen (secondary N) is 1. The van der Waals surface area contributed by atoms with Crippen molar-refractivity contribution in [1.29, 1.82) is 0 Å². The number of aromatic amines is 1. The number of aromatic nitrogens is 1. The summed E-state index contributed by atoms with van der Waals surface area (Å²) in [5, 5.41) is 0. The third kappa shape index (κ3) is 2.74. The van der Waals surface area contributed by atoms with Gasteiger partial charge in [-0.3, -0.25) is 9.59 Å². The van der Waals surface area contributed by atoms with Gasteiger partial charge in [0.15, 0.2) is 12.1 Å². The molecule has 2 aromatic rings. The topological polar surface area (TPSA) is 49.9 Å². The zero-order chi connectivity index (χ0) is 13.0. The van der Waals surface area contributed by atoms with Crippen molar-refractivity contribution in [2.24, 2.45) is 0 Å². The Morgan fingerprint density at radius 3 is 2.56 bits per heavy atom. The molecular formula is C15H15NO2. The summed E-state index contributed by atoms with van der Waals surface area (Å²) in [7, 11) is 0. The number of carbonyl (C=O) groups excluding carboxylic acids is 2. The lowest BCUT2D eigenvalue weighted by molar-refractivity contribution is 0.0971. The number of rotatable bonds is 5. The molecule has 2 rings (SSSR count). The van der Waals surface area contributed by atoms with Crippen LogP contribution in [-0.4, -0.2) is 17.1 Å². The van der Waals surface area contributed by atoms with Crippen molar-refractivity contribution in [3.05, 3.63) is 59.4 Å². The second kappa shape index (κ2) is 5.45. The summed E-state index contributed by atoms with van der Waals surface area (Å²) in [6.45, 7) is 2.02. The monoisotopic (exact) mass is 241 g/mol. The summed E-state index contributed by atoms with van der Waals surface area (Å²) < 4.78 is 0. The van der Waals surface area contributed by atoms with Gasteiger partial charge in [0.2, 0.25) is 0 Å². The second-order valence-electron chi connectivity index (χ2n) is 4.38. The molecule has 92 valence electrons. The predicted molar refractivity (Wildman–Crippen MR) is 70.0 cm³/mol.